The zero-order valence-electron chi connectivity index (χ0n) is 13.8. The van der Waals surface area contributed by atoms with Crippen molar-refractivity contribution in [2.45, 2.75) is 32.7 Å². The van der Waals surface area contributed by atoms with Gasteiger partial charge in [0.1, 0.15) is 0 Å². The first-order valence-electron chi connectivity index (χ1n) is 7.86. The molecule has 1 aromatic carbocycles. The zero-order valence-corrected chi connectivity index (χ0v) is 16.2. The van der Waals surface area contributed by atoms with E-state index in [-0.39, 0.29) is 12.4 Å². The molecule has 0 amide bonds. The molecule has 2 heterocycles. The SMILES string of the molecule is CCC/C(=C\c1sc2ccc(Cl)c3c2c1CN(C)CC3)C(=O)O.Cl. The number of nitrogens with zero attached hydrogens (tertiary/aromatic N) is 1. The second-order valence-corrected chi connectivity index (χ2v) is 7.55. The molecule has 1 N–H and O–H groups in total. The number of rotatable bonds is 4. The van der Waals surface area contributed by atoms with Crippen LogP contribution in [0.3, 0.4) is 0 Å². The van der Waals surface area contributed by atoms with Crippen LogP contribution in [0.2, 0.25) is 5.02 Å². The Morgan fingerprint density at radius 1 is 1.42 bits per heavy atom. The van der Waals surface area contributed by atoms with Crippen molar-refractivity contribution in [3.05, 3.63) is 38.7 Å². The lowest BCUT2D eigenvalue weighted by atomic mass is 10.0. The van der Waals surface area contributed by atoms with E-state index < -0.39 is 5.97 Å². The molecule has 2 aromatic rings. The Labute approximate surface area is 157 Å². The maximum atomic E-state index is 11.5. The Bertz CT molecular complexity index is 798. The minimum atomic E-state index is -0.822. The molecule has 0 unspecified atom stereocenters. The van der Waals surface area contributed by atoms with Gasteiger partial charge < -0.3 is 10.0 Å². The lowest BCUT2D eigenvalue weighted by molar-refractivity contribution is -0.132. The summed E-state index contributed by atoms with van der Waals surface area (Å²) in [7, 11) is 2.10. The molecule has 3 nitrogen and oxygen atoms in total. The van der Waals surface area contributed by atoms with Crippen LogP contribution in [0.5, 0.6) is 0 Å². The molecule has 130 valence electrons. The van der Waals surface area contributed by atoms with E-state index in [0.717, 1.165) is 35.8 Å². The third-order valence-electron chi connectivity index (χ3n) is 4.31. The van der Waals surface area contributed by atoms with Crippen molar-refractivity contribution in [1.29, 1.82) is 0 Å². The second-order valence-electron chi connectivity index (χ2n) is 6.06. The average molecular weight is 386 g/mol. The van der Waals surface area contributed by atoms with Gasteiger partial charge in [-0.2, -0.15) is 0 Å². The van der Waals surface area contributed by atoms with Crippen LogP contribution in [0.25, 0.3) is 16.2 Å². The highest BCUT2D eigenvalue weighted by Crippen LogP contribution is 2.40. The van der Waals surface area contributed by atoms with E-state index in [0.29, 0.717) is 12.0 Å². The average Bonchev–Trinajstić information content (AvgIpc) is 2.72. The van der Waals surface area contributed by atoms with Crippen molar-refractivity contribution in [2.75, 3.05) is 13.6 Å². The maximum Gasteiger partial charge on any atom is 0.331 e. The number of halogens is 2. The standard InChI is InChI=1S/C18H20ClNO2S.ClH/c1-3-4-11(18(21)22)9-16-13-10-20(2)8-7-12-14(19)5-6-15(23-16)17(12)13;/h5-6,9H,3-4,7-8,10H2,1-2H3,(H,21,22);1H/b11-9+;. The molecule has 6 heteroatoms. The molecule has 1 aliphatic rings. The molecule has 1 aromatic heterocycles. The topological polar surface area (TPSA) is 40.5 Å². The van der Waals surface area contributed by atoms with Crippen molar-refractivity contribution >= 4 is 57.5 Å². The van der Waals surface area contributed by atoms with Crippen LogP contribution in [0.4, 0.5) is 0 Å². The number of benzene rings is 1. The summed E-state index contributed by atoms with van der Waals surface area (Å²) in [6, 6.07) is 4.01. The smallest absolute Gasteiger partial charge is 0.331 e. The third kappa shape index (κ3) is 3.62. The first-order valence-corrected chi connectivity index (χ1v) is 9.05. The van der Waals surface area contributed by atoms with E-state index in [4.69, 9.17) is 11.6 Å². The summed E-state index contributed by atoms with van der Waals surface area (Å²) >= 11 is 8.09. The fourth-order valence-corrected chi connectivity index (χ4v) is 4.62. The van der Waals surface area contributed by atoms with E-state index >= 15 is 0 Å². The lowest BCUT2D eigenvalue weighted by Crippen LogP contribution is -2.18. The highest BCUT2D eigenvalue weighted by atomic mass is 35.5. The molecule has 0 aliphatic carbocycles. The second kappa shape index (κ2) is 7.87. The van der Waals surface area contributed by atoms with E-state index in [1.807, 2.05) is 19.1 Å². The monoisotopic (exact) mass is 385 g/mol. The van der Waals surface area contributed by atoms with Gasteiger partial charge in [-0.25, -0.2) is 4.79 Å². The van der Waals surface area contributed by atoms with Crippen molar-refractivity contribution in [2.24, 2.45) is 0 Å². The summed E-state index contributed by atoms with van der Waals surface area (Å²) in [5.74, 6) is -0.822. The highest BCUT2D eigenvalue weighted by Gasteiger charge is 2.21. The first-order chi connectivity index (χ1) is 11.0. The molecule has 0 spiro atoms. The van der Waals surface area contributed by atoms with Crippen LogP contribution in [0.15, 0.2) is 17.7 Å². The van der Waals surface area contributed by atoms with Crippen LogP contribution >= 0.6 is 35.3 Å². The Hall–Kier alpha value is -1.07. The van der Waals surface area contributed by atoms with Gasteiger partial charge in [0.2, 0.25) is 0 Å². The first kappa shape index (κ1) is 19.3. The predicted molar refractivity (Wildman–Crippen MR) is 105 cm³/mol. The summed E-state index contributed by atoms with van der Waals surface area (Å²) in [5.41, 5.74) is 2.90. The van der Waals surface area contributed by atoms with Crippen LogP contribution in [-0.4, -0.2) is 29.6 Å². The van der Waals surface area contributed by atoms with E-state index in [9.17, 15) is 9.90 Å². The van der Waals surface area contributed by atoms with Gasteiger partial charge in [0.05, 0.1) is 0 Å². The van der Waals surface area contributed by atoms with Crippen LogP contribution in [0.1, 0.15) is 35.8 Å². The highest BCUT2D eigenvalue weighted by molar-refractivity contribution is 7.20. The van der Waals surface area contributed by atoms with E-state index in [2.05, 4.69) is 18.0 Å². The normalized spacial score (nSPS) is 15.2. The van der Waals surface area contributed by atoms with Gasteiger partial charge in [-0.1, -0.05) is 24.9 Å². The Morgan fingerprint density at radius 3 is 2.83 bits per heavy atom. The van der Waals surface area contributed by atoms with E-state index in [1.54, 1.807) is 11.3 Å². The fraction of sp³-hybridized carbons (Fsp3) is 0.389. The molecule has 0 atom stereocenters. The summed E-state index contributed by atoms with van der Waals surface area (Å²) in [6.07, 6.45) is 4.21. The molecule has 3 rings (SSSR count). The number of carbonyl (C=O) groups is 1. The molecule has 0 fully saturated rings. The van der Waals surface area contributed by atoms with Gasteiger partial charge in [-0.05, 0) is 49.2 Å². The Morgan fingerprint density at radius 2 is 2.17 bits per heavy atom. The predicted octanol–water partition coefficient (Wildman–Crippen LogP) is 5.23. The van der Waals surface area contributed by atoms with Crippen molar-refractivity contribution < 1.29 is 9.90 Å². The minimum Gasteiger partial charge on any atom is -0.478 e. The van der Waals surface area contributed by atoms with Crippen molar-refractivity contribution in [1.82, 2.24) is 4.90 Å². The maximum absolute atomic E-state index is 11.5. The summed E-state index contributed by atoms with van der Waals surface area (Å²) < 4.78 is 1.20. The van der Waals surface area contributed by atoms with Gasteiger partial charge in [0.15, 0.2) is 0 Å². The quantitative estimate of drug-likeness (QED) is 0.732. The summed E-state index contributed by atoms with van der Waals surface area (Å²) in [6.45, 7) is 3.79. The Kier molecular flexibility index (Phi) is 6.32. The summed E-state index contributed by atoms with van der Waals surface area (Å²) in [5, 5.41) is 11.5. The third-order valence-corrected chi connectivity index (χ3v) is 5.81. The summed E-state index contributed by atoms with van der Waals surface area (Å²) in [4.78, 5) is 14.8. The number of hydrogen-bond donors (Lipinski definition) is 1. The van der Waals surface area contributed by atoms with Gasteiger partial charge in [-0.3, -0.25) is 0 Å². The Balaban J connectivity index is 0.00000208. The minimum absolute atomic E-state index is 0. The van der Waals surface area contributed by atoms with Gasteiger partial charge in [0.25, 0.3) is 0 Å². The molecule has 1 aliphatic heterocycles. The van der Waals surface area contributed by atoms with Crippen molar-refractivity contribution in [3.8, 4) is 0 Å². The number of carboxylic acids is 1. The number of likely N-dealkylation sites (N-methyl/N-ethyl adjacent to an activating group) is 1. The molecule has 0 bridgehead atoms. The van der Waals surface area contributed by atoms with Crippen LogP contribution in [-0.2, 0) is 17.8 Å². The van der Waals surface area contributed by atoms with Gasteiger partial charge in [0, 0.05) is 38.6 Å². The molecular formula is C18H21Cl2NO2S. The molecule has 0 saturated carbocycles. The van der Waals surface area contributed by atoms with Crippen molar-refractivity contribution in [3.63, 3.8) is 0 Å². The largest absolute Gasteiger partial charge is 0.478 e. The number of carboxylic acid groups (broad SMARTS) is 1. The number of hydrogen-bond acceptors (Lipinski definition) is 3. The van der Waals surface area contributed by atoms with Crippen LogP contribution < -0.4 is 0 Å². The van der Waals surface area contributed by atoms with E-state index in [1.165, 1.54) is 21.2 Å². The molecule has 0 saturated heterocycles. The van der Waals surface area contributed by atoms with Crippen LogP contribution in [0, 0.1) is 0 Å². The number of aliphatic carboxylic acids is 1. The lowest BCUT2D eigenvalue weighted by Gasteiger charge is -2.13. The van der Waals surface area contributed by atoms with Gasteiger partial charge >= 0.3 is 5.97 Å². The molecule has 0 radical (unpaired) electrons. The number of thiophene rings is 1. The fourth-order valence-electron chi connectivity index (χ4n) is 3.16. The van der Waals surface area contributed by atoms with Gasteiger partial charge in [-0.15, -0.1) is 23.7 Å². The molecular weight excluding hydrogens is 365 g/mol. The zero-order chi connectivity index (χ0) is 16.6. The molecule has 24 heavy (non-hydrogen) atoms.